The molecule has 1 rings (SSSR count). The molecule has 0 atom stereocenters. The van der Waals surface area contributed by atoms with Crippen LogP contribution >= 0.6 is 0 Å². The molecule has 0 unspecified atom stereocenters. The fourth-order valence-corrected chi connectivity index (χ4v) is 1.37. The summed E-state index contributed by atoms with van der Waals surface area (Å²) in [5, 5.41) is 11.3. The van der Waals surface area contributed by atoms with E-state index in [0.717, 1.165) is 11.3 Å². The van der Waals surface area contributed by atoms with Gasteiger partial charge in [-0.1, -0.05) is 26.0 Å². The molecule has 0 bridgehead atoms. The van der Waals surface area contributed by atoms with Crippen molar-refractivity contribution in [1.82, 2.24) is 5.32 Å². The van der Waals surface area contributed by atoms with Crippen molar-refractivity contribution in [2.75, 3.05) is 13.7 Å². The molecule has 19 heavy (non-hydrogen) atoms. The third-order valence-electron chi connectivity index (χ3n) is 2.37. The normalized spacial score (nSPS) is 11.0. The minimum absolute atomic E-state index is 0.0818. The van der Waals surface area contributed by atoms with Gasteiger partial charge in [0.15, 0.2) is 0 Å². The molecule has 1 amide bonds. The summed E-state index contributed by atoms with van der Waals surface area (Å²) in [7, 11) is 1.50. The third kappa shape index (κ3) is 4.84. The number of ether oxygens (including phenoxy) is 1. The van der Waals surface area contributed by atoms with Gasteiger partial charge in [0, 0.05) is 7.05 Å². The van der Waals surface area contributed by atoms with E-state index in [1.54, 1.807) is 6.08 Å². The molecule has 0 fully saturated rings. The Morgan fingerprint density at radius 3 is 2.53 bits per heavy atom. The molecule has 100 valence electrons. The summed E-state index contributed by atoms with van der Waals surface area (Å²) >= 11 is 0. The first-order valence-corrected chi connectivity index (χ1v) is 6.13. The number of benzene rings is 1. The van der Waals surface area contributed by atoms with Crippen LogP contribution in [0.15, 0.2) is 29.8 Å². The second-order valence-electron chi connectivity index (χ2n) is 4.52. The molecule has 0 radical (unpaired) electrons. The summed E-state index contributed by atoms with van der Waals surface area (Å²) in [5.74, 6) is 0.866. The highest BCUT2D eigenvalue weighted by Gasteiger charge is 2.06. The van der Waals surface area contributed by atoms with Crippen LogP contribution in [0.5, 0.6) is 5.75 Å². The number of amides is 1. The van der Waals surface area contributed by atoms with Crippen molar-refractivity contribution in [3.8, 4) is 11.8 Å². The van der Waals surface area contributed by atoms with Crippen LogP contribution in [-0.2, 0) is 4.79 Å². The van der Waals surface area contributed by atoms with E-state index >= 15 is 0 Å². The number of nitrogens with one attached hydrogen (secondary N) is 1. The summed E-state index contributed by atoms with van der Waals surface area (Å²) in [4.78, 5) is 11.4. The van der Waals surface area contributed by atoms with Gasteiger partial charge in [0.2, 0.25) is 0 Å². The van der Waals surface area contributed by atoms with Crippen molar-refractivity contribution in [2.45, 2.75) is 13.8 Å². The van der Waals surface area contributed by atoms with E-state index < -0.39 is 0 Å². The summed E-state index contributed by atoms with van der Waals surface area (Å²) in [5.41, 5.74) is 0.871. The molecule has 0 heterocycles. The molecule has 4 heteroatoms. The summed E-state index contributed by atoms with van der Waals surface area (Å²) < 4.78 is 5.56. The van der Waals surface area contributed by atoms with Crippen LogP contribution in [0.4, 0.5) is 0 Å². The van der Waals surface area contributed by atoms with Crippen LogP contribution in [0, 0.1) is 17.2 Å². The largest absolute Gasteiger partial charge is 0.493 e. The molecule has 1 N–H and O–H groups in total. The Labute approximate surface area is 113 Å². The monoisotopic (exact) mass is 258 g/mol. The summed E-state index contributed by atoms with van der Waals surface area (Å²) in [6.07, 6.45) is 1.55. The van der Waals surface area contributed by atoms with Gasteiger partial charge in [-0.2, -0.15) is 5.26 Å². The number of carbonyl (C=O) groups excluding carboxylic acids is 1. The molecule has 0 spiro atoms. The molecule has 1 aromatic carbocycles. The zero-order chi connectivity index (χ0) is 14.3. The lowest BCUT2D eigenvalue weighted by Crippen LogP contribution is -2.19. The Bertz CT molecular complexity index is 496. The topological polar surface area (TPSA) is 62.1 Å². The van der Waals surface area contributed by atoms with Crippen molar-refractivity contribution in [1.29, 1.82) is 5.26 Å². The van der Waals surface area contributed by atoms with Crippen LogP contribution in [-0.4, -0.2) is 19.6 Å². The Hall–Kier alpha value is -2.28. The van der Waals surface area contributed by atoms with Crippen LogP contribution in [0.3, 0.4) is 0 Å². The number of hydrogen-bond acceptors (Lipinski definition) is 3. The van der Waals surface area contributed by atoms with Gasteiger partial charge < -0.3 is 10.1 Å². The summed E-state index contributed by atoms with van der Waals surface area (Å²) in [6.45, 7) is 4.83. The van der Waals surface area contributed by atoms with Gasteiger partial charge in [0.25, 0.3) is 5.91 Å². The van der Waals surface area contributed by atoms with Gasteiger partial charge in [-0.25, -0.2) is 0 Å². The Balaban J connectivity index is 2.79. The molecule has 0 aliphatic rings. The Kier molecular flexibility index (Phi) is 5.62. The van der Waals surface area contributed by atoms with Gasteiger partial charge in [0.05, 0.1) is 6.61 Å². The van der Waals surface area contributed by atoms with Crippen molar-refractivity contribution in [2.24, 2.45) is 5.92 Å². The standard InChI is InChI=1S/C15H18N2O2/c1-11(2)10-19-14-6-4-12(5-7-14)8-13(9-16)15(18)17-3/h4-8,11H,10H2,1-3H3,(H,17,18)/b13-8+. The Morgan fingerprint density at radius 1 is 1.42 bits per heavy atom. The lowest BCUT2D eigenvalue weighted by Gasteiger charge is -2.08. The highest BCUT2D eigenvalue weighted by molar-refractivity contribution is 6.01. The van der Waals surface area contributed by atoms with Gasteiger partial charge >= 0.3 is 0 Å². The maximum Gasteiger partial charge on any atom is 0.261 e. The fraction of sp³-hybridized carbons (Fsp3) is 0.333. The van der Waals surface area contributed by atoms with Crippen molar-refractivity contribution in [3.05, 3.63) is 35.4 Å². The lowest BCUT2D eigenvalue weighted by molar-refractivity contribution is -0.116. The zero-order valence-electron chi connectivity index (χ0n) is 11.4. The molecule has 0 aromatic heterocycles. The maximum absolute atomic E-state index is 11.4. The molecular formula is C15H18N2O2. The molecule has 4 nitrogen and oxygen atoms in total. The lowest BCUT2D eigenvalue weighted by atomic mass is 10.1. The fourth-order valence-electron chi connectivity index (χ4n) is 1.37. The first-order chi connectivity index (χ1) is 9.06. The van der Waals surface area contributed by atoms with E-state index in [-0.39, 0.29) is 11.5 Å². The number of rotatable bonds is 5. The first-order valence-electron chi connectivity index (χ1n) is 6.13. The minimum atomic E-state index is -0.386. The van der Waals surface area contributed by atoms with Gasteiger partial charge in [-0.05, 0) is 29.7 Å². The molecule has 0 saturated heterocycles. The molecule has 0 aliphatic carbocycles. The van der Waals surface area contributed by atoms with E-state index in [1.807, 2.05) is 30.3 Å². The van der Waals surface area contributed by atoms with E-state index in [4.69, 9.17) is 10.00 Å². The number of nitrogens with zero attached hydrogens (tertiary/aromatic N) is 1. The summed E-state index contributed by atoms with van der Waals surface area (Å²) in [6, 6.07) is 9.16. The quantitative estimate of drug-likeness (QED) is 0.651. The van der Waals surface area contributed by atoms with Crippen molar-refractivity contribution >= 4 is 12.0 Å². The van der Waals surface area contributed by atoms with Gasteiger partial charge in [-0.15, -0.1) is 0 Å². The highest BCUT2D eigenvalue weighted by atomic mass is 16.5. The maximum atomic E-state index is 11.4. The van der Waals surface area contributed by atoms with E-state index in [9.17, 15) is 4.79 Å². The highest BCUT2D eigenvalue weighted by Crippen LogP contribution is 2.15. The van der Waals surface area contributed by atoms with Crippen LogP contribution in [0.1, 0.15) is 19.4 Å². The van der Waals surface area contributed by atoms with Gasteiger partial charge in [0.1, 0.15) is 17.4 Å². The Morgan fingerprint density at radius 2 is 2.05 bits per heavy atom. The predicted molar refractivity (Wildman–Crippen MR) is 74.4 cm³/mol. The SMILES string of the molecule is CNC(=O)/C(C#N)=C/c1ccc(OCC(C)C)cc1. The zero-order valence-corrected chi connectivity index (χ0v) is 11.4. The number of carbonyl (C=O) groups is 1. The van der Waals surface area contributed by atoms with Gasteiger partial charge in [-0.3, -0.25) is 4.79 Å². The number of nitriles is 1. The molecule has 1 aromatic rings. The second-order valence-corrected chi connectivity index (χ2v) is 4.52. The number of likely N-dealkylation sites (N-methyl/N-ethyl adjacent to an activating group) is 1. The van der Waals surface area contributed by atoms with Crippen molar-refractivity contribution < 1.29 is 9.53 Å². The molecule has 0 saturated carbocycles. The number of hydrogen-bond donors (Lipinski definition) is 1. The van der Waals surface area contributed by atoms with E-state index in [0.29, 0.717) is 12.5 Å². The van der Waals surface area contributed by atoms with Crippen LogP contribution in [0.2, 0.25) is 0 Å². The first kappa shape index (κ1) is 14.8. The van der Waals surface area contributed by atoms with Crippen LogP contribution < -0.4 is 10.1 Å². The van der Waals surface area contributed by atoms with E-state index in [1.165, 1.54) is 7.05 Å². The third-order valence-corrected chi connectivity index (χ3v) is 2.37. The smallest absolute Gasteiger partial charge is 0.261 e. The minimum Gasteiger partial charge on any atom is -0.493 e. The average molecular weight is 258 g/mol. The van der Waals surface area contributed by atoms with E-state index in [2.05, 4.69) is 19.2 Å². The average Bonchev–Trinajstić information content (AvgIpc) is 2.42. The second kappa shape index (κ2) is 7.22. The molecular weight excluding hydrogens is 240 g/mol. The van der Waals surface area contributed by atoms with Crippen molar-refractivity contribution in [3.63, 3.8) is 0 Å². The predicted octanol–water partition coefficient (Wildman–Crippen LogP) is 2.37. The molecule has 0 aliphatic heterocycles. The van der Waals surface area contributed by atoms with Crippen LogP contribution in [0.25, 0.3) is 6.08 Å².